The molecule has 2 unspecified atom stereocenters. The molecule has 0 aromatic rings. The minimum Gasteiger partial charge on any atom is -0.512 e. The monoisotopic (exact) mass is 158 g/mol. The smallest absolute Gasteiger partial charge is 0.0971 e. The van der Waals surface area contributed by atoms with Crippen LogP contribution in [-0.2, 0) is 0 Å². The molecule has 56 valence electrons. The molecule has 1 aliphatic rings. The van der Waals surface area contributed by atoms with E-state index in [-0.39, 0.29) is 5.92 Å². The summed E-state index contributed by atoms with van der Waals surface area (Å²) in [6.45, 7) is 3.79. The zero-order chi connectivity index (χ0) is 7.78. The van der Waals surface area contributed by atoms with Crippen LogP contribution in [0.5, 0.6) is 0 Å². The Morgan fingerprint density at radius 3 is 2.70 bits per heavy atom. The van der Waals surface area contributed by atoms with Crippen LogP contribution in [0.1, 0.15) is 13.8 Å². The summed E-state index contributed by atoms with van der Waals surface area (Å²) in [5.41, 5.74) is 0. The van der Waals surface area contributed by atoms with E-state index in [1.807, 2.05) is 19.9 Å². The number of hydrogen-bond acceptors (Lipinski definition) is 1. The van der Waals surface area contributed by atoms with Crippen molar-refractivity contribution in [2.24, 2.45) is 5.92 Å². The number of aliphatic hydroxyl groups excluding tert-OH is 1. The lowest BCUT2D eigenvalue weighted by molar-refractivity contribution is 0.316. The molecular weight excluding hydrogens is 148 g/mol. The van der Waals surface area contributed by atoms with Gasteiger partial charge in [0.2, 0.25) is 0 Å². The van der Waals surface area contributed by atoms with Gasteiger partial charge in [-0.2, -0.15) is 0 Å². The molecule has 0 saturated carbocycles. The summed E-state index contributed by atoms with van der Waals surface area (Å²) < 4.78 is 0. The molecule has 0 bridgehead atoms. The van der Waals surface area contributed by atoms with Crippen LogP contribution in [0.2, 0.25) is 0 Å². The van der Waals surface area contributed by atoms with Crippen molar-refractivity contribution in [3.05, 3.63) is 24.0 Å². The van der Waals surface area contributed by atoms with Crippen LogP contribution >= 0.6 is 11.6 Å². The second-order valence-electron chi connectivity index (χ2n) is 2.82. The highest BCUT2D eigenvalue weighted by Gasteiger charge is 2.30. The highest BCUT2D eigenvalue weighted by molar-refractivity contribution is 6.25. The lowest BCUT2D eigenvalue weighted by Gasteiger charge is -2.27. The molecule has 0 spiro atoms. The van der Waals surface area contributed by atoms with E-state index >= 15 is 0 Å². The summed E-state index contributed by atoms with van der Waals surface area (Å²) in [5.74, 6) is 0.374. The molecule has 0 aromatic carbocycles. The largest absolute Gasteiger partial charge is 0.512 e. The van der Waals surface area contributed by atoms with E-state index in [9.17, 15) is 5.11 Å². The molecule has 10 heavy (non-hydrogen) atoms. The van der Waals surface area contributed by atoms with E-state index in [0.29, 0.717) is 5.76 Å². The Bertz CT molecular complexity index is 191. The van der Waals surface area contributed by atoms with Crippen LogP contribution in [0, 0.1) is 5.92 Å². The van der Waals surface area contributed by atoms with Crippen molar-refractivity contribution < 1.29 is 5.11 Å². The summed E-state index contributed by atoms with van der Waals surface area (Å²) in [6.07, 6.45) is 5.34. The summed E-state index contributed by atoms with van der Waals surface area (Å²) in [5, 5.41) is 9.24. The first kappa shape index (κ1) is 7.67. The summed E-state index contributed by atoms with van der Waals surface area (Å²) in [6, 6.07) is 0. The van der Waals surface area contributed by atoms with Crippen LogP contribution in [0.15, 0.2) is 24.0 Å². The lowest BCUT2D eigenvalue weighted by atomic mass is 9.89. The first-order valence-electron chi connectivity index (χ1n) is 3.31. The highest BCUT2D eigenvalue weighted by Crippen LogP contribution is 2.33. The van der Waals surface area contributed by atoms with Gasteiger partial charge in [0, 0.05) is 5.92 Å². The quantitative estimate of drug-likeness (QED) is 0.538. The van der Waals surface area contributed by atoms with E-state index in [2.05, 4.69) is 0 Å². The molecule has 1 nitrogen and oxygen atoms in total. The second kappa shape index (κ2) is 2.31. The predicted octanol–water partition coefficient (Wildman–Crippen LogP) is 2.63. The van der Waals surface area contributed by atoms with Crippen LogP contribution in [0.4, 0.5) is 0 Å². The molecule has 2 heteroatoms. The van der Waals surface area contributed by atoms with E-state index in [1.165, 1.54) is 0 Å². The van der Waals surface area contributed by atoms with E-state index in [0.717, 1.165) is 0 Å². The fourth-order valence-corrected chi connectivity index (χ4v) is 1.10. The van der Waals surface area contributed by atoms with Crippen LogP contribution < -0.4 is 0 Å². The maximum atomic E-state index is 9.24. The molecule has 1 N–H and O–H groups in total. The first-order chi connectivity index (χ1) is 4.54. The van der Waals surface area contributed by atoms with Crippen LogP contribution in [0.3, 0.4) is 0 Å². The Morgan fingerprint density at radius 2 is 2.30 bits per heavy atom. The Morgan fingerprint density at radius 1 is 1.70 bits per heavy atom. The molecule has 0 heterocycles. The van der Waals surface area contributed by atoms with Gasteiger partial charge in [0.05, 0.1) is 10.6 Å². The number of allylic oxidation sites excluding steroid dienone is 4. The van der Waals surface area contributed by atoms with Crippen LogP contribution in [-0.4, -0.2) is 9.98 Å². The Labute approximate surface area is 66.0 Å². The Kier molecular flexibility index (Phi) is 1.78. The number of hydrogen-bond donors (Lipinski definition) is 1. The SMILES string of the molecule is CC1C(O)=CC=CC1(C)Cl. The van der Waals surface area contributed by atoms with Gasteiger partial charge in [-0.15, -0.1) is 11.6 Å². The molecule has 2 atom stereocenters. The molecule has 0 radical (unpaired) electrons. The van der Waals surface area contributed by atoms with Crippen molar-refractivity contribution in [3.8, 4) is 0 Å². The van der Waals surface area contributed by atoms with E-state index in [4.69, 9.17) is 11.6 Å². The topological polar surface area (TPSA) is 20.2 Å². The summed E-state index contributed by atoms with van der Waals surface area (Å²) in [7, 11) is 0. The predicted molar refractivity (Wildman–Crippen MR) is 43.3 cm³/mol. The van der Waals surface area contributed by atoms with Crippen molar-refractivity contribution in [3.63, 3.8) is 0 Å². The molecule has 0 aliphatic heterocycles. The fourth-order valence-electron chi connectivity index (χ4n) is 0.913. The van der Waals surface area contributed by atoms with Gasteiger partial charge in [-0.3, -0.25) is 0 Å². The molecular formula is C8H11ClO. The van der Waals surface area contributed by atoms with Gasteiger partial charge in [-0.25, -0.2) is 0 Å². The van der Waals surface area contributed by atoms with Crippen LogP contribution in [0.25, 0.3) is 0 Å². The zero-order valence-corrected chi connectivity index (χ0v) is 6.89. The highest BCUT2D eigenvalue weighted by atomic mass is 35.5. The normalized spacial score (nSPS) is 39.5. The fraction of sp³-hybridized carbons (Fsp3) is 0.500. The van der Waals surface area contributed by atoms with Crippen molar-refractivity contribution in [1.29, 1.82) is 0 Å². The second-order valence-corrected chi connectivity index (χ2v) is 3.64. The van der Waals surface area contributed by atoms with E-state index < -0.39 is 4.87 Å². The third-order valence-electron chi connectivity index (χ3n) is 1.98. The van der Waals surface area contributed by atoms with Crippen molar-refractivity contribution in [2.45, 2.75) is 18.7 Å². The average Bonchev–Trinajstić information content (AvgIpc) is 1.83. The van der Waals surface area contributed by atoms with Gasteiger partial charge in [0.15, 0.2) is 0 Å². The minimum atomic E-state index is -0.418. The minimum absolute atomic E-state index is 0.0131. The average molecular weight is 159 g/mol. The molecule has 0 saturated heterocycles. The number of alkyl halides is 1. The third kappa shape index (κ3) is 1.19. The summed E-state index contributed by atoms with van der Waals surface area (Å²) in [4.78, 5) is -0.418. The Balaban J connectivity index is 2.89. The van der Waals surface area contributed by atoms with Crippen molar-refractivity contribution in [1.82, 2.24) is 0 Å². The van der Waals surface area contributed by atoms with Gasteiger partial charge in [0.1, 0.15) is 0 Å². The first-order valence-corrected chi connectivity index (χ1v) is 3.69. The standard InChI is InChI=1S/C8H11ClO/c1-6-7(10)4-3-5-8(6,2)9/h3-6,10H,1-2H3. The summed E-state index contributed by atoms with van der Waals surface area (Å²) >= 11 is 6.03. The van der Waals surface area contributed by atoms with Gasteiger partial charge < -0.3 is 5.11 Å². The lowest BCUT2D eigenvalue weighted by Crippen LogP contribution is -2.26. The molecule has 0 amide bonds. The van der Waals surface area contributed by atoms with Crippen molar-refractivity contribution >= 4 is 11.6 Å². The number of rotatable bonds is 0. The number of aliphatic hydroxyl groups is 1. The van der Waals surface area contributed by atoms with Crippen molar-refractivity contribution in [2.75, 3.05) is 0 Å². The van der Waals surface area contributed by atoms with E-state index in [1.54, 1.807) is 12.2 Å². The maximum absolute atomic E-state index is 9.24. The maximum Gasteiger partial charge on any atom is 0.0971 e. The zero-order valence-electron chi connectivity index (χ0n) is 6.13. The van der Waals surface area contributed by atoms with Gasteiger partial charge in [-0.1, -0.05) is 19.1 Å². The molecule has 0 fully saturated rings. The molecule has 0 aromatic heterocycles. The van der Waals surface area contributed by atoms with Gasteiger partial charge >= 0.3 is 0 Å². The molecule has 1 rings (SSSR count). The molecule has 1 aliphatic carbocycles. The van der Waals surface area contributed by atoms with Gasteiger partial charge in [-0.05, 0) is 13.0 Å². The van der Waals surface area contributed by atoms with Gasteiger partial charge in [0.25, 0.3) is 0 Å². The number of halogens is 1. The Hall–Kier alpha value is -0.430. The third-order valence-corrected chi connectivity index (χ3v) is 2.43.